The van der Waals surface area contributed by atoms with E-state index in [-0.39, 0.29) is 5.88 Å². The molecule has 0 atom stereocenters. The van der Waals surface area contributed by atoms with Gasteiger partial charge >= 0.3 is 0 Å². The summed E-state index contributed by atoms with van der Waals surface area (Å²) in [6, 6.07) is 70.4. The Hall–Kier alpha value is -5.66. The lowest BCUT2D eigenvalue weighted by atomic mass is 9.98. The molecule has 0 saturated carbocycles. The summed E-state index contributed by atoms with van der Waals surface area (Å²) >= 11 is 6.52. The standard InChI is InChI=1S/C46H35ClNOP/c47-40-33-31-37(32-34-40)44(35-36-19-7-1-8-20-36)48(46(49)45(38-21-9-2-10-22-38)39-23-11-3-12-24-39)50(41-25-13-4-14-26-41,42-27-15-5-16-28-42)43-29-17-6-18-30-43/h1-35H/p+1/b44-35+. The first kappa shape index (κ1) is 32.9. The summed E-state index contributed by atoms with van der Waals surface area (Å²) in [5.74, 6) is 0.143. The van der Waals surface area contributed by atoms with Crippen molar-refractivity contribution < 1.29 is 5.11 Å². The molecule has 0 aromatic heterocycles. The Morgan fingerprint density at radius 3 is 1.20 bits per heavy atom. The van der Waals surface area contributed by atoms with E-state index in [0.717, 1.165) is 49.4 Å². The molecule has 50 heavy (non-hydrogen) atoms. The number of halogens is 1. The minimum absolute atomic E-state index is 0.143. The number of hydrogen-bond donors (Lipinski definition) is 1. The van der Waals surface area contributed by atoms with Gasteiger partial charge in [-0.2, -0.15) is 4.67 Å². The van der Waals surface area contributed by atoms with E-state index < -0.39 is 7.41 Å². The fraction of sp³-hybridized carbons (Fsp3) is 0. The third-order valence-corrected chi connectivity index (χ3v) is 13.1. The quantitative estimate of drug-likeness (QED) is 0.0880. The smallest absolute Gasteiger partial charge is 0.233 e. The zero-order valence-electron chi connectivity index (χ0n) is 27.4. The van der Waals surface area contributed by atoms with E-state index >= 15 is 0 Å². The first-order valence-electron chi connectivity index (χ1n) is 16.6. The zero-order valence-corrected chi connectivity index (χ0v) is 29.1. The number of aliphatic hydroxyl groups excluding tert-OH is 1. The molecule has 1 N–H and O–H groups in total. The Bertz CT molecular complexity index is 2050. The van der Waals surface area contributed by atoms with Crippen LogP contribution in [0.5, 0.6) is 0 Å². The maximum atomic E-state index is 13.5. The van der Waals surface area contributed by atoms with Crippen LogP contribution < -0.4 is 15.9 Å². The fourth-order valence-corrected chi connectivity index (χ4v) is 10.9. The average Bonchev–Trinajstić information content (AvgIpc) is 3.19. The number of rotatable bonds is 10. The minimum atomic E-state index is -2.96. The first-order valence-corrected chi connectivity index (χ1v) is 18.7. The molecule has 4 heteroatoms. The van der Waals surface area contributed by atoms with Crippen molar-refractivity contribution in [3.05, 3.63) is 239 Å². The van der Waals surface area contributed by atoms with Crippen LogP contribution in [-0.2, 0) is 0 Å². The average molecular weight is 685 g/mol. The van der Waals surface area contributed by atoms with Gasteiger partial charge in [-0.15, -0.1) is 0 Å². The van der Waals surface area contributed by atoms with Gasteiger partial charge in [0, 0.05) is 10.6 Å². The molecule has 0 heterocycles. The van der Waals surface area contributed by atoms with Gasteiger partial charge in [-0.25, -0.2) is 0 Å². The van der Waals surface area contributed by atoms with Gasteiger partial charge in [0.15, 0.2) is 0 Å². The van der Waals surface area contributed by atoms with Gasteiger partial charge in [-0.05, 0) is 71.3 Å². The monoisotopic (exact) mass is 684 g/mol. The van der Waals surface area contributed by atoms with Crippen LogP contribution in [0.3, 0.4) is 0 Å². The summed E-state index contributed by atoms with van der Waals surface area (Å²) in [7, 11) is -2.96. The van der Waals surface area contributed by atoms with Crippen molar-refractivity contribution in [2.24, 2.45) is 0 Å². The lowest BCUT2D eigenvalue weighted by molar-refractivity contribution is 0.338. The van der Waals surface area contributed by atoms with E-state index in [1.54, 1.807) is 0 Å². The maximum Gasteiger partial charge on any atom is 0.233 e. The maximum absolute atomic E-state index is 13.5. The third kappa shape index (κ3) is 6.65. The van der Waals surface area contributed by atoms with Crippen molar-refractivity contribution in [1.29, 1.82) is 0 Å². The van der Waals surface area contributed by atoms with E-state index in [2.05, 4.69) is 120 Å². The Morgan fingerprint density at radius 1 is 0.440 bits per heavy atom. The van der Waals surface area contributed by atoms with Crippen LogP contribution in [0.25, 0.3) is 17.3 Å². The molecule has 0 aliphatic heterocycles. The molecule has 0 fully saturated rings. The van der Waals surface area contributed by atoms with Crippen LogP contribution in [0.15, 0.2) is 212 Å². The third-order valence-electron chi connectivity index (χ3n) is 8.71. The second kappa shape index (κ2) is 15.3. The van der Waals surface area contributed by atoms with Crippen molar-refractivity contribution in [3.8, 4) is 0 Å². The number of nitrogens with zero attached hydrogens (tertiary/aromatic N) is 1. The van der Waals surface area contributed by atoms with Crippen LogP contribution in [0.2, 0.25) is 5.02 Å². The fourth-order valence-electron chi connectivity index (χ4n) is 6.48. The normalized spacial score (nSPS) is 11.5. The lowest BCUT2D eigenvalue weighted by Crippen LogP contribution is -2.42. The molecular weight excluding hydrogens is 649 g/mol. The van der Waals surface area contributed by atoms with E-state index in [0.29, 0.717) is 5.02 Å². The van der Waals surface area contributed by atoms with Gasteiger partial charge in [0.2, 0.25) is 13.3 Å². The van der Waals surface area contributed by atoms with Crippen LogP contribution in [-0.4, -0.2) is 9.78 Å². The Morgan fingerprint density at radius 2 is 0.800 bits per heavy atom. The Labute approximate surface area is 300 Å². The molecule has 0 unspecified atom stereocenters. The van der Waals surface area contributed by atoms with Crippen LogP contribution in [0, 0.1) is 0 Å². The van der Waals surface area contributed by atoms with Gasteiger partial charge in [0.1, 0.15) is 15.9 Å². The zero-order chi connectivity index (χ0) is 34.2. The molecule has 7 rings (SSSR count). The lowest BCUT2D eigenvalue weighted by Gasteiger charge is -2.39. The number of aliphatic hydroxyl groups is 1. The highest BCUT2D eigenvalue weighted by molar-refractivity contribution is 7.94. The predicted molar refractivity (Wildman–Crippen MR) is 214 cm³/mol. The Balaban J connectivity index is 1.72. The topological polar surface area (TPSA) is 23.5 Å². The highest BCUT2D eigenvalue weighted by Crippen LogP contribution is 2.64. The van der Waals surface area contributed by atoms with Crippen LogP contribution in [0.4, 0.5) is 0 Å². The predicted octanol–water partition coefficient (Wildman–Crippen LogP) is 11.0. The summed E-state index contributed by atoms with van der Waals surface area (Å²) in [5, 5.41) is 17.5. The molecule has 0 bridgehead atoms. The summed E-state index contributed by atoms with van der Waals surface area (Å²) in [6.45, 7) is 0. The number of hydrogen-bond acceptors (Lipinski definition) is 2. The molecular formula is C46H36ClNOP+. The molecule has 0 aliphatic rings. The summed E-state index contributed by atoms with van der Waals surface area (Å²) in [5.41, 5.74) is 5.29. The molecule has 0 radical (unpaired) electrons. The first-order chi connectivity index (χ1) is 24.7. The van der Waals surface area contributed by atoms with Crippen molar-refractivity contribution in [3.63, 3.8) is 0 Å². The van der Waals surface area contributed by atoms with Crippen molar-refractivity contribution in [2.75, 3.05) is 0 Å². The second-order valence-electron chi connectivity index (χ2n) is 11.8. The SMILES string of the molecule is OC(=C(c1ccccc1)c1ccccc1)N(/C(=C/c1ccccc1)c1ccc(Cl)cc1)[P+](c1ccccc1)(c1ccccc1)c1ccccc1. The molecule has 0 saturated heterocycles. The van der Waals surface area contributed by atoms with Gasteiger partial charge in [-0.1, -0.05) is 169 Å². The van der Waals surface area contributed by atoms with Gasteiger partial charge in [-0.3, -0.25) is 0 Å². The highest BCUT2D eigenvalue weighted by atomic mass is 35.5. The molecule has 0 aliphatic carbocycles. The van der Waals surface area contributed by atoms with Gasteiger partial charge in [0.05, 0.1) is 11.3 Å². The van der Waals surface area contributed by atoms with Gasteiger partial charge < -0.3 is 5.11 Å². The van der Waals surface area contributed by atoms with Crippen molar-refractivity contribution >= 4 is 52.3 Å². The molecule has 242 valence electrons. The van der Waals surface area contributed by atoms with Gasteiger partial charge in [0.25, 0.3) is 0 Å². The van der Waals surface area contributed by atoms with E-state index in [1.165, 1.54) is 0 Å². The summed E-state index contributed by atoms with van der Waals surface area (Å²) < 4.78 is 2.23. The number of benzene rings is 7. The van der Waals surface area contributed by atoms with Crippen molar-refractivity contribution in [1.82, 2.24) is 4.67 Å². The van der Waals surface area contributed by atoms with Crippen LogP contribution in [0.1, 0.15) is 22.3 Å². The highest BCUT2D eigenvalue weighted by Gasteiger charge is 2.55. The molecule has 2 nitrogen and oxygen atoms in total. The van der Waals surface area contributed by atoms with E-state index in [4.69, 9.17) is 11.6 Å². The second-order valence-corrected chi connectivity index (χ2v) is 15.5. The molecule has 0 spiro atoms. The minimum Gasteiger partial charge on any atom is -0.492 e. The summed E-state index contributed by atoms with van der Waals surface area (Å²) in [6.07, 6.45) is 2.18. The van der Waals surface area contributed by atoms with Crippen molar-refractivity contribution in [2.45, 2.75) is 0 Å². The molecule has 7 aromatic carbocycles. The van der Waals surface area contributed by atoms with Crippen LogP contribution >= 0.6 is 19.0 Å². The summed E-state index contributed by atoms with van der Waals surface area (Å²) in [4.78, 5) is 0. The Kier molecular flexibility index (Phi) is 10.0. The molecule has 0 amide bonds. The van der Waals surface area contributed by atoms with E-state index in [9.17, 15) is 5.11 Å². The van der Waals surface area contributed by atoms with E-state index in [1.807, 2.05) is 97.1 Å². The largest absolute Gasteiger partial charge is 0.492 e. The molecule has 7 aromatic rings.